The van der Waals surface area contributed by atoms with Crippen molar-refractivity contribution in [2.45, 2.75) is 57.9 Å². The lowest BCUT2D eigenvalue weighted by atomic mass is 10.0. The van der Waals surface area contributed by atoms with E-state index in [0.29, 0.717) is 40.5 Å². The normalized spacial score (nSPS) is 20.2. The zero-order chi connectivity index (χ0) is 22.6. The van der Waals surface area contributed by atoms with Crippen molar-refractivity contribution in [3.63, 3.8) is 0 Å². The van der Waals surface area contributed by atoms with Gasteiger partial charge in [0.15, 0.2) is 15.5 Å². The Kier molecular flexibility index (Phi) is 5.08. The van der Waals surface area contributed by atoms with Crippen molar-refractivity contribution in [3.05, 3.63) is 52.8 Å². The molecule has 0 bridgehead atoms. The summed E-state index contributed by atoms with van der Waals surface area (Å²) in [5, 5.41) is 8.38. The monoisotopic (exact) mass is 452 g/mol. The van der Waals surface area contributed by atoms with Crippen molar-refractivity contribution >= 4 is 32.5 Å². The number of fused-ring (bicyclic) bond motifs is 1. The van der Waals surface area contributed by atoms with E-state index in [1.807, 2.05) is 37.3 Å². The van der Waals surface area contributed by atoms with Crippen molar-refractivity contribution in [1.29, 1.82) is 0 Å². The highest BCUT2D eigenvalue weighted by atomic mass is 32.2. The molecule has 1 aliphatic carbocycles. The van der Waals surface area contributed by atoms with E-state index >= 15 is 0 Å². The Labute approximate surface area is 188 Å². The summed E-state index contributed by atoms with van der Waals surface area (Å²) in [6.45, 7) is 6.13. The largest absolute Gasteiger partial charge is 0.322 e. The number of sulfone groups is 1. The molecule has 1 amide bonds. The summed E-state index contributed by atoms with van der Waals surface area (Å²) in [5.41, 5.74) is 4.71. The van der Waals surface area contributed by atoms with Gasteiger partial charge in [-0.1, -0.05) is 26.0 Å². The van der Waals surface area contributed by atoms with Gasteiger partial charge in [-0.05, 0) is 55.9 Å². The quantitative estimate of drug-likeness (QED) is 0.621. The molecule has 1 atom stereocenters. The summed E-state index contributed by atoms with van der Waals surface area (Å²) in [6, 6.07) is 9.56. The summed E-state index contributed by atoms with van der Waals surface area (Å²) >= 11 is 0. The fourth-order valence-electron chi connectivity index (χ4n) is 4.47. The fourth-order valence-corrected chi connectivity index (χ4v) is 6.16. The SMILES string of the molecule is Cc1nn(C2CCS(=O)(=O)C2)c2nc(C3CC3)cc(C(=O)Nc3ccc(C(C)C)cc3)c12. The first-order valence-electron chi connectivity index (χ1n) is 11.2. The summed E-state index contributed by atoms with van der Waals surface area (Å²) < 4.78 is 25.9. The number of carbonyl (C=O) groups excluding carboxylic acids is 1. The van der Waals surface area contributed by atoms with Gasteiger partial charge in [0.2, 0.25) is 0 Å². The van der Waals surface area contributed by atoms with Crippen LogP contribution in [0.1, 0.15) is 78.3 Å². The first kappa shape index (κ1) is 21.1. The van der Waals surface area contributed by atoms with E-state index in [-0.39, 0.29) is 23.5 Å². The number of rotatable bonds is 5. The number of carbonyl (C=O) groups is 1. The molecule has 3 aromatic rings. The second-order valence-corrected chi connectivity index (χ2v) is 11.6. The minimum atomic E-state index is -3.06. The first-order valence-corrected chi connectivity index (χ1v) is 13.1. The Morgan fingerprint density at radius 1 is 1.16 bits per heavy atom. The molecule has 32 heavy (non-hydrogen) atoms. The number of aryl methyl sites for hydroxylation is 1. The van der Waals surface area contributed by atoms with E-state index in [9.17, 15) is 13.2 Å². The van der Waals surface area contributed by atoms with E-state index in [4.69, 9.17) is 4.98 Å². The van der Waals surface area contributed by atoms with Crippen LogP contribution >= 0.6 is 0 Å². The third-order valence-corrected chi connectivity index (χ3v) is 8.24. The molecule has 0 spiro atoms. The molecule has 7 nitrogen and oxygen atoms in total. The van der Waals surface area contributed by atoms with Gasteiger partial charge < -0.3 is 5.32 Å². The van der Waals surface area contributed by atoms with Crippen LogP contribution in [0, 0.1) is 6.92 Å². The van der Waals surface area contributed by atoms with Gasteiger partial charge in [-0.25, -0.2) is 18.1 Å². The molecule has 1 aliphatic heterocycles. The average molecular weight is 453 g/mol. The average Bonchev–Trinajstić information content (AvgIpc) is 3.47. The van der Waals surface area contributed by atoms with Crippen molar-refractivity contribution in [3.8, 4) is 0 Å². The minimum absolute atomic E-state index is 0.0717. The van der Waals surface area contributed by atoms with Gasteiger partial charge in [-0.3, -0.25) is 4.79 Å². The molecular formula is C24H28N4O3S. The number of anilines is 1. The molecular weight excluding hydrogens is 424 g/mol. The smallest absolute Gasteiger partial charge is 0.256 e. The van der Waals surface area contributed by atoms with Gasteiger partial charge >= 0.3 is 0 Å². The van der Waals surface area contributed by atoms with Crippen LogP contribution < -0.4 is 5.32 Å². The fraction of sp³-hybridized carbons (Fsp3) is 0.458. The molecule has 2 aliphatic rings. The van der Waals surface area contributed by atoms with Crippen LogP contribution in [0.3, 0.4) is 0 Å². The molecule has 1 saturated carbocycles. The molecule has 1 N–H and O–H groups in total. The zero-order valence-electron chi connectivity index (χ0n) is 18.6. The van der Waals surface area contributed by atoms with E-state index < -0.39 is 9.84 Å². The third-order valence-electron chi connectivity index (χ3n) is 6.49. The number of amides is 1. The molecule has 1 saturated heterocycles. The lowest BCUT2D eigenvalue weighted by Gasteiger charge is -2.12. The molecule has 2 fully saturated rings. The van der Waals surface area contributed by atoms with Crippen molar-refractivity contribution in [2.75, 3.05) is 16.8 Å². The van der Waals surface area contributed by atoms with Crippen molar-refractivity contribution in [2.24, 2.45) is 0 Å². The maximum Gasteiger partial charge on any atom is 0.256 e. The van der Waals surface area contributed by atoms with E-state index in [2.05, 4.69) is 24.3 Å². The lowest BCUT2D eigenvalue weighted by molar-refractivity contribution is 0.102. The summed E-state index contributed by atoms with van der Waals surface area (Å²) in [7, 11) is -3.06. The highest BCUT2D eigenvalue weighted by Crippen LogP contribution is 2.41. The van der Waals surface area contributed by atoms with Gasteiger partial charge in [0.25, 0.3) is 5.91 Å². The standard InChI is InChI=1S/C24H28N4O3S/c1-14(2)16-6-8-18(9-7-16)25-24(29)20-12-21(17-4-5-17)26-23-22(20)15(3)27-28(23)19-10-11-32(30,31)13-19/h6-9,12,14,17,19H,4-5,10-11,13H2,1-3H3,(H,25,29). The maximum atomic E-state index is 13.4. The number of nitrogens with zero attached hydrogens (tertiary/aromatic N) is 3. The number of nitrogens with one attached hydrogen (secondary N) is 1. The number of pyridine rings is 1. The van der Waals surface area contributed by atoms with Gasteiger partial charge in [0.05, 0.1) is 34.2 Å². The maximum absolute atomic E-state index is 13.4. The van der Waals surface area contributed by atoms with Crippen LogP contribution in [0.2, 0.25) is 0 Å². The highest BCUT2D eigenvalue weighted by Gasteiger charge is 2.34. The van der Waals surface area contributed by atoms with Crippen LogP contribution in [0.5, 0.6) is 0 Å². The second-order valence-electron chi connectivity index (χ2n) is 9.39. The van der Waals surface area contributed by atoms with Gasteiger partial charge in [0, 0.05) is 17.3 Å². The summed E-state index contributed by atoms with van der Waals surface area (Å²) in [4.78, 5) is 18.2. The van der Waals surface area contributed by atoms with Gasteiger partial charge in [0.1, 0.15) is 0 Å². The number of aromatic nitrogens is 3. The molecule has 0 radical (unpaired) electrons. The molecule has 168 valence electrons. The van der Waals surface area contributed by atoms with Crippen molar-refractivity contribution in [1.82, 2.24) is 14.8 Å². The Morgan fingerprint density at radius 2 is 1.88 bits per heavy atom. The molecule has 3 heterocycles. The van der Waals surface area contributed by atoms with Crippen LogP contribution in [-0.4, -0.2) is 40.6 Å². The molecule has 1 aromatic carbocycles. The Hall–Kier alpha value is -2.74. The van der Waals surface area contributed by atoms with Crippen LogP contribution in [0.15, 0.2) is 30.3 Å². The first-order chi connectivity index (χ1) is 15.2. The predicted molar refractivity (Wildman–Crippen MR) is 125 cm³/mol. The van der Waals surface area contributed by atoms with Gasteiger partial charge in [-0.15, -0.1) is 0 Å². The topological polar surface area (TPSA) is 93.9 Å². The van der Waals surface area contributed by atoms with E-state index in [1.165, 1.54) is 5.56 Å². The Balaban J connectivity index is 1.55. The predicted octanol–water partition coefficient (Wildman–Crippen LogP) is 4.35. The van der Waals surface area contributed by atoms with E-state index in [0.717, 1.165) is 24.2 Å². The van der Waals surface area contributed by atoms with Crippen molar-refractivity contribution < 1.29 is 13.2 Å². The molecule has 8 heteroatoms. The second kappa shape index (κ2) is 7.69. The summed E-state index contributed by atoms with van der Waals surface area (Å²) in [5.74, 6) is 0.821. The van der Waals surface area contributed by atoms with E-state index in [1.54, 1.807) is 4.68 Å². The highest BCUT2D eigenvalue weighted by molar-refractivity contribution is 7.91. The Bertz CT molecular complexity index is 1310. The Morgan fingerprint density at radius 3 is 2.47 bits per heavy atom. The molecule has 1 unspecified atom stereocenters. The minimum Gasteiger partial charge on any atom is -0.322 e. The zero-order valence-corrected chi connectivity index (χ0v) is 19.4. The molecule has 2 aromatic heterocycles. The number of hydrogen-bond acceptors (Lipinski definition) is 5. The lowest BCUT2D eigenvalue weighted by Crippen LogP contribution is -2.15. The third kappa shape index (κ3) is 3.92. The van der Waals surface area contributed by atoms with Crippen LogP contribution in [0.25, 0.3) is 11.0 Å². The van der Waals surface area contributed by atoms with Gasteiger partial charge in [-0.2, -0.15) is 5.10 Å². The number of benzene rings is 1. The van der Waals surface area contributed by atoms with Crippen LogP contribution in [-0.2, 0) is 9.84 Å². The molecule has 5 rings (SSSR count). The van der Waals surface area contributed by atoms with Crippen LogP contribution in [0.4, 0.5) is 5.69 Å². The summed E-state index contributed by atoms with van der Waals surface area (Å²) in [6.07, 6.45) is 2.64. The number of hydrogen-bond donors (Lipinski definition) is 1.